The van der Waals surface area contributed by atoms with E-state index >= 15 is 0 Å². The van der Waals surface area contributed by atoms with Crippen molar-refractivity contribution in [2.45, 2.75) is 24.9 Å². The largest absolute Gasteiger partial charge is 0.480 e. The predicted octanol–water partition coefficient (Wildman–Crippen LogP) is 3.75. The molecule has 1 aliphatic carbocycles. The monoisotopic (exact) mass is 370 g/mol. The van der Waals surface area contributed by atoms with Gasteiger partial charge in [0.05, 0.1) is 16.9 Å². The summed E-state index contributed by atoms with van der Waals surface area (Å²) in [6, 6.07) is 4.08. The van der Waals surface area contributed by atoms with Crippen molar-refractivity contribution >= 4 is 23.4 Å². The summed E-state index contributed by atoms with van der Waals surface area (Å²) in [5, 5.41) is 13.6. The van der Waals surface area contributed by atoms with Gasteiger partial charge in [-0.3, -0.25) is 4.79 Å². The maximum absolute atomic E-state index is 14.0. The first-order valence-electron chi connectivity index (χ1n) is 7.71. The lowest BCUT2D eigenvalue weighted by atomic mass is 10.1. The van der Waals surface area contributed by atoms with Gasteiger partial charge in [-0.2, -0.15) is 18.2 Å². The Morgan fingerprint density at radius 2 is 2.00 bits per heavy atom. The van der Waals surface area contributed by atoms with Crippen molar-refractivity contribution in [2.24, 2.45) is 0 Å². The van der Waals surface area contributed by atoms with Gasteiger partial charge in [0.2, 0.25) is 5.95 Å². The van der Waals surface area contributed by atoms with E-state index in [1.807, 2.05) is 0 Å². The molecule has 10 heteroatoms. The summed E-state index contributed by atoms with van der Waals surface area (Å²) < 4.78 is 53.4. The molecule has 1 heterocycles. The third kappa shape index (κ3) is 4.19. The summed E-state index contributed by atoms with van der Waals surface area (Å²) >= 11 is 0. The molecule has 1 aromatic heterocycles. The number of carboxylic acids is 1. The van der Waals surface area contributed by atoms with E-state index in [1.54, 1.807) is 0 Å². The van der Waals surface area contributed by atoms with E-state index in [2.05, 4.69) is 20.6 Å². The normalized spacial score (nSPS) is 14.2. The molecule has 2 aromatic rings. The molecule has 0 amide bonds. The Morgan fingerprint density at radius 3 is 2.62 bits per heavy atom. The standard InChI is InChI=1S/C16H14F4N4O2/c17-10-3-1-2-9(16(18,19)20)14(10)23-12-6-11(8-4-5-8)22-15(24-12)21-7-13(25)26/h1-3,6,8H,4-5,7H2,(H,25,26)(H2,21,22,23,24). The van der Waals surface area contributed by atoms with Crippen molar-refractivity contribution in [3.63, 3.8) is 0 Å². The Kier molecular flexibility index (Phi) is 4.66. The third-order valence-electron chi connectivity index (χ3n) is 3.71. The minimum Gasteiger partial charge on any atom is -0.480 e. The van der Waals surface area contributed by atoms with Crippen LogP contribution in [0.3, 0.4) is 0 Å². The molecule has 0 spiro atoms. The molecule has 0 saturated heterocycles. The molecule has 0 bridgehead atoms. The number of anilines is 3. The average Bonchev–Trinajstić information content (AvgIpc) is 3.38. The van der Waals surface area contributed by atoms with Crippen LogP contribution in [0.2, 0.25) is 0 Å². The summed E-state index contributed by atoms with van der Waals surface area (Å²) in [6.07, 6.45) is -3.02. The molecule has 3 rings (SSSR count). The highest BCUT2D eigenvalue weighted by molar-refractivity contribution is 5.72. The molecule has 26 heavy (non-hydrogen) atoms. The zero-order chi connectivity index (χ0) is 18.9. The number of hydrogen-bond donors (Lipinski definition) is 3. The van der Waals surface area contributed by atoms with Crippen LogP contribution >= 0.6 is 0 Å². The summed E-state index contributed by atoms with van der Waals surface area (Å²) in [5.74, 6) is -2.19. The minimum atomic E-state index is -4.75. The van der Waals surface area contributed by atoms with Gasteiger partial charge >= 0.3 is 12.1 Å². The Balaban J connectivity index is 1.96. The molecule has 0 aliphatic heterocycles. The van der Waals surface area contributed by atoms with Gasteiger partial charge < -0.3 is 15.7 Å². The van der Waals surface area contributed by atoms with Gasteiger partial charge in [-0.1, -0.05) is 6.07 Å². The molecule has 1 saturated carbocycles. The number of hydrogen-bond acceptors (Lipinski definition) is 5. The Labute approximate surface area is 145 Å². The van der Waals surface area contributed by atoms with E-state index in [-0.39, 0.29) is 17.7 Å². The van der Waals surface area contributed by atoms with Crippen LogP contribution < -0.4 is 10.6 Å². The molecule has 0 radical (unpaired) electrons. The van der Waals surface area contributed by atoms with Gasteiger partial charge in [0.25, 0.3) is 0 Å². The highest BCUT2D eigenvalue weighted by atomic mass is 19.4. The maximum atomic E-state index is 14.0. The summed E-state index contributed by atoms with van der Waals surface area (Å²) in [6.45, 7) is -0.457. The Hall–Kier alpha value is -2.91. The molecule has 138 valence electrons. The van der Waals surface area contributed by atoms with Gasteiger partial charge in [0, 0.05) is 12.0 Å². The van der Waals surface area contributed by atoms with E-state index < -0.39 is 35.8 Å². The van der Waals surface area contributed by atoms with Crippen molar-refractivity contribution in [3.8, 4) is 0 Å². The fourth-order valence-corrected chi connectivity index (χ4v) is 2.37. The Morgan fingerprint density at radius 1 is 1.27 bits per heavy atom. The van der Waals surface area contributed by atoms with Crippen LogP contribution in [0.15, 0.2) is 24.3 Å². The number of nitrogens with one attached hydrogen (secondary N) is 2. The second kappa shape index (κ2) is 6.77. The minimum absolute atomic E-state index is 0.0506. The van der Waals surface area contributed by atoms with E-state index in [0.29, 0.717) is 5.69 Å². The smallest absolute Gasteiger partial charge is 0.418 e. The second-order valence-corrected chi connectivity index (χ2v) is 5.81. The maximum Gasteiger partial charge on any atom is 0.418 e. The molecule has 3 N–H and O–H groups in total. The molecule has 0 unspecified atom stereocenters. The van der Waals surface area contributed by atoms with Gasteiger partial charge in [0.1, 0.15) is 18.2 Å². The molecule has 1 aromatic carbocycles. The second-order valence-electron chi connectivity index (χ2n) is 5.81. The van der Waals surface area contributed by atoms with Crippen LogP contribution in [0, 0.1) is 5.82 Å². The number of alkyl halides is 3. The molecule has 0 atom stereocenters. The van der Waals surface area contributed by atoms with Crippen molar-refractivity contribution in [1.82, 2.24) is 9.97 Å². The van der Waals surface area contributed by atoms with Crippen LogP contribution in [0.4, 0.5) is 35.0 Å². The van der Waals surface area contributed by atoms with Gasteiger partial charge in [0.15, 0.2) is 0 Å². The lowest BCUT2D eigenvalue weighted by Crippen LogP contribution is -2.16. The summed E-state index contributed by atoms with van der Waals surface area (Å²) in [4.78, 5) is 18.8. The number of rotatable bonds is 6. The quantitative estimate of drug-likeness (QED) is 0.672. The summed E-state index contributed by atoms with van der Waals surface area (Å²) in [5.41, 5.74) is -1.35. The van der Waals surface area contributed by atoms with Crippen molar-refractivity contribution in [1.29, 1.82) is 0 Å². The Bertz CT molecular complexity index is 837. The SMILES string of the molecule is O=C(O)CNc1nc(Nc2c(F)cccc2C(F)(F)F)cc(C2CC2)n1. The molecule has 1 fully saturated rings. The van der Waals surface area contributed by atoms with Crippen molar-refractivity contribution in [2.75, 3.05) is 17.2 Å². The molecule has 1 aliphatic rings. The molecular formula is C16H14F4N4O2. The highest BCUT2D eigenvalue weighted by Crippen LogP contribution is 2.41. The number of halogens is 4. The van der Waals surface area contributed by atoms with Gasteiger partial charge in [-0.25, -0.2) is 9.37 Å². The number of carboxylic acid groups (broad SMARTS) is 1. The van der Waals surface area contributed by atoms with E-state index in [1.165, 1.54) is 6.07 Å². The molecule has 6 nitrogen and oxygen atoms in total. The number of aliphatic carboxylic acids is 1. The first-order valence-corrected chi connectivity index (χ1v) is 7.71. The van der Waals surface area contributed by atoms with Gasteiger partial charge in [-0.05, 0) is 25.0 Å². The van der Waals surface area contributed by atoms with Crippen molar-refractivity contribution < 1.29 is 27.5 Å². The van der Waals surface area contributed by atoms with E-state index in [9.17, 15) is 22.4 Å². The first-order chi connectivity index (χ1) is 12.2. The van der Waals surface area contributed by atoms with E-state index in [4.69, 9.17) is 5.11 Å². The van der Waals surface area contributed by atoms with Crippen LogP contribution in [0.5, 0.6) is 0 Å². The topological polar surface area (TPSA) is 87.1 Å². The van der Waals surface area contributed by atoms with Crippen LogP contribution in [0.25, 0.3) is 0 Å². The average molecular weight is 370 g/mol. The lowest BCUT2D eigenvalue weighted by Gasteiger charge is -2.16. The van der Waals surface area contributed by atoms with E-state index in [0.717, 1.165) is 31.0 Å². The number of aromatic nitrogens is 2. The fraction of sp³-hybridized carbons (Fsp3) is 0.312. The third-order valence-corrected chi connectivity index (χ3v) is 3.71. The molecular weight excluding hydrogens is 356 g/mol. The number of benzene rings is 1. The van der Waals surface area contributed by atoms with Crippen LogP contribution in [0.1, 0.15) is 30.0 Å². The summed E-state index contributed by atoms with van der Waals surface area (Å²) in [7, 11) is 0. The lowest BCUT2D eigenvalue weighted by molar-refractivity contribution is -0.137. The zero-order valence-corrected chi connectivity index (χ0v) is 13.3. The van der Waals surface area contributed by atoms with Gasteiger partial charge in [-0.15, -0.1) is 0 Å². The number of para-hydroxylation sites is 1. The van der Waals surface area contributed by atoms with Crippen LogP contribution in [-0.2, 0) is 11.0 Å². The number of carbonyl (C=O) groups is 1. The zero-order valence-electron chi connectivity index (χ0n) is 13.3. The number of nitrogens with zero attached hydrogens (tertiary/aromatic N) is 2. The first kappa shape index (κ1) is 17.9. The predicted molar refractivity (Wildman–Crippen MR) is 84.8 cm³/mol. The van der Waals surface area contributed by atoms with Crippen molar-refractivity contribution in [3.05, 3.63) is 41.3 Å². The highest BCUT2D eigenvalue weighted by Gasteiger charge is 2.35. The fourth-order valence-electron chi connectivity index (χ4n) is 2.37. The van der Waals surface area contributed by atoms with Crippen LogP contribution in [-0.4, -0.2) is 27.6 Å².